The van der Waals surface area contributed by atoms with Crippen molar-refractivity contribution in [2.45, 2.75) is 0 Å². The molecule has 1 N–H and O–H groups in total. The molecule has 17 heavy (non-hydrogen) atoms. The number of rotatable bonds is 2. The van der Waals surface area contributed by atoms with Gasteiger partial charge < -0.3 is 5.11 Å². The van der Waals surface area contributed by atoms with Gasteiger partial charge in [-0.1, -0.05) is 35.9 Å². The number of phenolic OH excluding ortho intramolecular Hbond substituents is 1. The number of nitro benzene ring substituents is 1. The molecule has 0 saturated carbocycles. The van der Waals surface area contributed by atoms with Crippen LogP contribution in [0.4, 0.5) is 5.69 Å². The first-order chi connectivity index (χ1) is 8.11. The van der Waals surface area contributed by atoms with E-state index in [1.165, 1.54) is 18.2 Å². The molecule has 2 rings (SSSR count). The average molecular weight is 250 g/mol. The maximum atomic E-state index is 10.9. The second-order valence-electron chi connectivity index (χ2n) is 3.41. The smallest absolute Gasteiger partial charge is 0.278 e. The van der Waals surface area contributed by atoms with E-state index in [-0.39, 0.29) is 22.0 Å². The highest BCUT2D eigenvalue weighted by Gasteiger charge is 2.20. The van der Waals surface area contributed by atoms with Crippen LogP contribution >= 0.6 is 11.6 Å². The zero-order valence-corrected chi connectivity index (χ0v) is 9.39. The molecular formula is C12H8ClNO3. The minimum absolute atomic E-state index is 0.0382. The largest absolute Gasteiger partial charge is 0.507 e. The Kier molecular flexibility index (Phi) is 2.97. The summed E-state index contributed by atoms with van der Waals surface area (Å²) in [6, 6.07) is 10.8. The molecule has 0 spiro atoms. The number of aromatic hydroxyl groups is 1. The highest BCUT2D eigenvalue weighted by atomic mass is 35.5. The maximum Gasteiger partial charge on any atom is 0.278 e. The van der Waals surface area contributed by atoms with Crippen LogP contribution in [-0.2, 0) is 0 Å². The topological polar surface area (TPSA) is 63.4 Å². The number of hydrogen-bond acceptors (Lipinski definition) is 3. The van der Waals surface area contributed by atoms with Crippen molar-refractivity contribution < 1.29 is 10.0 Å². The van der Waals surface area contributed by atoms with Crippen LogP contribution in [0.15, 0.2) is 42.5 Å². The molecule has 2 aromatic rings. The number of halogens is 1. The van der Waals surface area contributed by atoms with E-state index < -0.39 is 4.92 Å². The molecule has 0 radical (unpaired) electrons. The maximum absolute atomic E-state index is 10.9. The molecule has 0 aromatic heterocycles. The fraction of sp³-hybridized carbons (Fsp3) is 0. The highest BCUT2D eigenvalue weighted by Crippen LogP contribution is 2.40. The summed E-state index contributed by atoms with van der Waals surface area (Å²) < 4.78 is 0. The van der Waals surface area contributed by atoms with Crippen molar-refractivity contribution in [1.29, 1.82) is 0 Å². The van der Waals surface area contributed by atoms with E-state index in [2.05, 4.69) is 0 Å². The third-order valence-corrected chi connectivity index (χ3v) is 2.68. The van der Waals surface area contributed by atoms with E-state index in [9.17, 15) is 15.2 Å². The molecule has 0 atom stereocenters. The molecule has 2 aromatic carbocycles. The van der Waals surface area contributed by atoms with Crippen LogP contribution in [-0.4, -0.2) is 10.0 Å². The Bertz CT molecular complexity index is 584. The van der Waals surface area contributed by atoms with Crippen LogP contribution in [0.2, 0.25) is 5.02 Å². The lowest BCUT2D eigenvalue weighted by Crippen LogP contribution is -1.92. The van der Waals surface area contributed by atoms with Gasteiger partial charge in [0, 0.05) is 11.6 Å². The Balaban J connectivity index is 2.75. The minimum Gasteiger partial charge on any atom is -0.507 e. The van der Waals surface area contributed by atoms with Crippen molar-refractivity contribution in [2.24, 2.45) is 0 Å². The van der Waals surface area contributed by atoms with Gasteiger partial charge in [0.05, 0.1) is 15.5 Å². The van der Waals surface area contributed by atoms with E-state index in [0.29, 0.717) is 5.56 Å². The molecule has 0 bridgehead atoms. The summed E-state index contributed by atoms with van der Waals surface area (Å²) in [7, 11) is 0. The van der Waals surface area contributed by atoms with Crippen LogP contribution in [0.25, 0.3) is 11.1 Å². The minimum atomic E-state index is -0.520. The van der Waals surface area contributed by atoms with Gasteiger partial charge in [0.1, 0.15) is 5.75 Å². The second-order valence-corrected chi connectivity index (χ2v) is 3.82. The molecule has 0 unspecified atom stereocenters. The summed E-state index contributed by atoms with van der Waals surface area (Å²) in [5.41, 5.74) is 0.459. The molecule has 0 aliphatic heterocycles. The lowest BCUT2D eigenvalue weighted by molar-refractivity contribution is -0.384. The number of phenols is 1. The fourth-order valence-electron chi connectivity index (χ4n) is 1.62. The molecule has 0 saturated heterocycles. The molecule has 0 amide bonds. The predicted octanol–water partition coefficient (Wildman–Crippen LogP) is 3.62. The SMILES string of the molecule is O=[N+]([O-])c1cccc(Cl)c1-c1ccccc1O. The summed E-state index contributed by atoms with van der Waals surface area (Å²) in [4.78, 5) is 10.4. The lowest BCUT2D eigenvalue weighted by atomic mass is 10.0. The first-order valence-corrected chi connectivity index (χ1v) is 5.20. The number of para-hydroxylation sites is 1. The van der Waals surface area contributed by atoms with Gasteiger partial charge in [-0.25, -0.2) is 0 Å². The predicted molar refractivity (Wildman–Crippen MR) is 65.2 cm³/mol. The van der Waals surface area contributed by atoms with E-state index in [0.717, 1.165) is 0 Å². The van der Waals surface area contributed by atoms with Crippen LogP contribution in [0.3, 0.4) is 0 Å². The van der Waals surface area contributed by atoms with Crippen LogP contribution in [0.5, 0.6) is 5.75 Å². The van der Waals surface area contributed by atoms with Crippen molar-refractivity contribution in [1.82, 2.24) is 0 Å². The van der Waals surface area contributed by atoms with E-state index >= 15 is 0 Å². The van der Waals surface area contributed by atoms with Gasteiger partial charge in [0.15, 0.2) is 0 Å². The van der Waals surface area contributed by atoms with Gasteiger partial charge in [-0.2, -0.15) is 0 Å². The Labute approximate surface area is 102 Å². The highest BCUT2D eigenvalue weighted by molar-refractivity contribution is 6.34. The number of nitro groups is 1. The first kappa shape index (κ1) is 11.4. The molecule has 4 nitrogen and oxygen atoms in total. The van der Waals surface area contributed by atoms with Crippen molar-refractivity contribution in [3.8, 4) is 16.9 Å². The van der Waals surface area contributed by atoms with Crippen molar-refractivity contribution >= 4 is 17.3 Å². The quantitative estimate of drug-likeness (QED) is 0.653. The van der Waals surface area contributed by atoms with E-state index in [1.54, 1.807) is 24.3 Å². The third-order valence-electron chi connectivity index (χ3n) is 2.36. The normalized spacial score (nSPS) is 10.2. The van der Waals surface area contributed by atoms with Crippen molar-refractivity contribution in [3.05, 3.63) is 57.6 Å². The Hall–Kier alpha value is -2.07. The van der Waals surface area contributed by atoms with Crippen LogP contribution in [0, 0.1) is 10.1 Å². The Morgan fingerprint density at radius 2 is 1.82 bits per heavy atom. The Morgan fingerprint density at radius 1 is 1.12 bits per heavy atom. The van der Waals surface area contributed by atoms with Gasteiger partial charge in [-0.05, 0) is 12.1 Å². The van der Waals surface area contributed by atoms with Crippen LogP contribution in [0.1, 0.15) is 0 Å². The van der Waals surface area contributed by atoms with Gasteiger partial charge in [-0.3, -0.25) is 10.1 Å². The molecule has 86 valence electrons. The van der Waals surface area contributed by atoms with Gasteiger partial charge in [-0.15, -0.1) is 0 Å². The average Bonchev–Trinajstić information content (AvgIpc) is 2.30. The molecule has 0 aliphatic carbocycles. The molecular weight excluding hydrogens is 242 g/mol. The van der Waals surface area contributed by atoms with Gasteiger partial charge >= 0.3 is 0 Å². The number of nitrogens with zero attached hydrogens (tertiary/aromatic N) is 1. The van der Waals surface area contributed by atoms with Crippen molar-refractivity contribution in [2.75, 3.05) is 0 Å². The number of hydrogen-bond donors (Lipinski definition) is 1. The van der Waals surface area contributed by atoms with E-state index in [4.69, 9.17) is 11.6 Å². The lowest BCUT2D eigenvalue weighted by Gasteiger charge is -2.07. The van der Waals surface area contributed by atoms with Crippen molar-refractivity contribution in [3.63, 3.8) is 0 Å². The zero-order chi connectivity index (χ0) is 12.4. The summed E-state index contributed by atoms with van der Waals surface area (Å²) in [5.74, 6) is -0.0382. The zero-order valence-electron chi connectivity index (χ0n) is 8.63. The summed E-state index contributed by atoms with van der Waals surface area (Å²) >= 11 is 5.96. The molecule has 5 heteroatoms. The fourth-order valence-corrected chi connectivity index (χ4v) is 1.89. The molecule has 0 heterocycles. The second kappa shape index (κ2) is 4.43. The molecule has 0 aliphatic rings. The number of benzene rings is 2. The summed E-state index contributed by atoms with van der Waals surface area (Å²) in [6.07, 6.45) is 0. The van der Waals surface area contributed by atoms with Gasteiger partial charge in [0.25, 0.3) is 5.69 Å². The van der Waals surface area contributed by atoms with Crippen LogP contribution < -0.4 is 0 Å². The van der Waals surface area contributed by atoms with E-state index in [1.807, 2.05) is 0 Å². The monoisotopic (exact) mass is 249 g/mol. The molecule has 0 fully saturated rings. The summed E-state index contributed by atoms with van der Waals surface area (Å²) in [6.45, 7) is 0. The first-order valence-electron chi connectivity index (χ1n) is 4.82. The summed E-state index contributed by atoms with van der Waals surface area (Å²) in [5, 5.41) is 20.9. The standard InChI is InChI=1S/C12H8ClNO3/c13-9-5-3-6-10(14(16)17)12(9)8-4-1-2-7-11(8)15/h1-7,15H. The third kappa shape index (κ3) is 2.07. The Morgan fingerprint density at radius 3 is 2.47 bits per heavy atom. The van der Waals surface area contributed by atoms with Gasteiger partial charge in [0.2, 0.25) is 0 Å².